The first-order chi connectivity index (χ1) is 14.1. The highest BCUT2D eigenvalue weighted by atomic mass is 127. The number of nitrogens with zero attached hydrogens (tertiary/aromatic N) is 4. The zero-order chi connectivity index (χ0) is 20.5. The van der Waals surface area contributed by atoms with Crippen molar-refractivity contribution < 1.29 is 4.79 Å². The molecule has 7 heteroatoms. The van der Waals surface area contributed by atoms with Gasteiger partial charge in [0.2, 0.25) is 5.91 Å². The standard InChI is InChI=1S/C23H31N5O.HI/c1-26(2)22(29)18-25-23(24-17-20-9-5-3-6-10-20)28-15-13-27(14-16-28)19-21-11-7-4-8-12-21;/h3-12H,13-19H2,1-2H3,(H,24,25);1H. The summed E-state index contributed by atoms with van der Waals surface area (Å²) in [5.74, 6) is 0.850. The molecule has 0 radical (unpaired) electrons. The van der Waals surface area contributed by atoms with Crippen molar-refractivity contribution in [3.05, 3.63) is 71.8 Å². The molecule has 0 bridgehead atoms. The van der Waals surface area contributed by atoms with Gasteiger partial charge in [-0.05, 0) is 11.1 Å². The molecule has 1 saturated heterocycles. The van der Waals surface area contributed by atoms with Crippen molar-refractivity contribution in [3.63, 3.8) is 0 Å². The Labute approximate surface area is 197 Å². The first-order valence-corrected chi connectivity index (χ1v) is 10.2. The van der Waals surface area contributed by atoms with E-state index in [-0.39, 0.29) is 36.4 Å². The maximum absolute atomic E-state index is 12.0. The molecule has 0 saturated carbocycles. The summed E-state index contributed by atoms with van der Waals surface area (Å²) in [5.41, 5.74) is 2.50. The predicted molar refractivity (Wildman–Crippen MR) is 133 cm³/mol. The molecular formula is C23H32IN5O. The maximum Gasteiger partial charge on any atom is 0.241 e. The number of piperazine rings is 1. The maximum atomic E-state index is 12.0. The Morgan fingerprint density at radius 2 is 1.50 bits per heavy atom. The average molecular weight is 521 g/mol. The number of halogens is 1. The summed E-state index contributed by atoms with van der Waals surface area (Å²) in [6, 6.07) is 20.8. The number of likely N-dealkylation sites (N-methyl/N-ethyl adjacent to an activating group) is 1. The van der Waals surface area contributed by atoms with Gasteiger partial charge in [0.1, 0.15) is 0 Å². The lowest BCUT2D eigenvalue weighted by Gasteiger charge is -2.36. The van der Waals surface area contributed by atoms with Gasteiger partial charge in [0.15, 0.2) is 5.96 Å². The van der Waals surface area contributed by atoms with E-state index in [1.165, 1.54) is 5.56 Å². The van der Waals surface area contributed by atoms with Gasteiger partial charge in [-0.15, -0.1) is 24.0 Å². The number of hydrogen-bond donors (Lipinski definition) is 1. The molecule has 162 valence electrons. The summed E-state index contributed by atoms with van der Waals surface area (Å²) in [6.07, 6.45) is 0. The van der Waals surface area contributed by atoms with Crippen molar-refractivity contribution in [1.29, 1.82) is 0 Å². The molecule has 0 aromatic heterocycles. The Hall–Kier alpha value is -2.13. The molecule has 0 atom stereocenters. The van der Waals surface area contributed by atoms with Gasteiger partial charge in [-0.2, -0.15) is 0 Å². The van der Waals surface area contributed by atoms with Crippen LogP contribution in [0.4, 0.5) is 0 Å². The van der Waals surface area contributed by atoms with Gasteiger partial charge < -0.3 is 15.1 Å². The van der Waals surface area contributed by atoms with Crippen LogP contribution in [-0.2, 0) is 17.9 Å². The van der Waals surface area contributed by atoms with Crippen molar-refractivity contribution in [2.75, 3.05) is 46.8 Å². The fraction of sp³-hybridized carbons (Fsp3) is 0.391. The molecule has 1 fully saturated rings. The molecule has 0 aliphatic carbocycles. The van der Waals surface area contributed by atoms with Gasteiger partial charge in [-0.1, -0.05) is 60.7 Å². The first-order valence-electron chi connectivity index (χ1n) is 10.2. The van der Waals surface area contributed by atoms with Crippen LogP contribution in [0.15, 0.2) is 65.7 Å². The van der Waals surface area contributed by atoms with Crippen molar-refractivity contribution in [3.8, 4) is 0 Å². The summed E-state index contributed by atoms with van der Waals surface area (Å²) in [4.78, 5) is 23.2. The summed E-state index contributed by atoms with van der Waals surface area (Å²) in [5, 5.41) is 3.27. The number of aliphatic imine (C=N–C) groups is 1. The lowest BCUT2D eigenvalue weighted by Crippen LogP contribution is -2.53. The second kappa shape index (κ2) is 12.5. The van der Waals surface area contributed by atoms with E-state index >= 15 is 0 Å². The Kier molecular flexibility index (Phi) is 10.1. The third-order valence-corrected chi connectivity index (χ3v) is 5.07. The molecule has 6 nitrogen and oxygen atoms in total. The number of rotatable bonds is 6. The third kappa shape index (κ3) is 7.60. The molecule has 2 aromatic carbocycles. The minimum absolute atomic E-state index is 0. The van der Waals surface area contributed by atoms with Crippen molar-refractivity contribution in [2.24, 2.45) is 4.99 Å². The van der Waals surface area contributed by atoms with Crippen LogP contribution in [0.5, 0.6) is 0 Å². The number of carbonyl (C=O) groups excluding carboxylic acids is 1. The molecule has 1 N–H and O–H groups in total. The molecule has 2 aromatic rings. The van der Waals surface area contributed by atoms with Gasteiger partial charge in [0.25, 0.3) is 0 Å². The quantitative estimate of drug-likeness (QED) is 0.361. The van der Waals surface area contributed by atoms with Crippen LogP contribution in [0, 0.1) is 0 Å². The largest absolute Gasteiger partial charge is 0.347 e. The fourth-order valence-corrected chi connectivity index (χ4v) is 3.29. The molecule has 1 amide bonds. The minimum Gasteiger partial charge on any atom is -0.347 e. The lowest BCUT2D eigenvalue weighted by atomic mass is 10.2. The van der Waals surface area contributed by atoms with E-state index < -0.39 is 0 Å². The molecular weight excluding hydrogens is 489 g/mol. The lowest BCUT2D eigenvalue weighted by molar-refractivity contribution is -0.127. The van der Waals surface area contributed by atoms with E-state index in [2.05, 4.69) is 57.6 Å². The van der Waals surface area contributed by atoms with E-state index in [0.717, 1.165) is 44.2 Å². The van der Waals surface area contributed by atoms with Gasteiger partial charge in [0.05, 0.1) is 13.1 Å². The highest BCUT2D eigenvalue weighted by Crippen LogP contribution is 2.09. The van der Waals surface area contributed by atoms with Crippen LogP contribution in [0.1, 0.15) is 11.1 Å². The number of guanidine groups is 1. The summed E-state index contributed by atoms with van der Waals surface area (Å²) >= 11 is 0. The second-order valence-corrected chi connectivity index (χ2v) is 7.52. The van der Waals surface area contributed by atoms with Crippen LogP contribution >= 0.6 is 24.0 Å². The zero-order valence-corrected chi connectivity index (χ0v) is 20.2. The Bertz CT molecular complexity index is 790. The summed E-state index contributed by atoms with van der Waals surface area (Å²) in [7, 11) is 3.54. The summed E-state index contributed by atoms with van der Waals surface area (Å²) in [6.45, 7) is 5.56. The van der Waals surface area contributed by atoms with Crippen LogP contribution in [0.3, 0.4) is 0 Å². The topological polar surface area (TPSA) is 51.2 Å². The van der Waals surface area contributed by atoms with Crippen LogP contribution in [0.2, 0.25) is 0 Å². The Morgan fingerprint density at radius 1 is 0.933 bits per heavy atom. The second-order valence-electron chi connectivity index (χ2n) is 7.52. The zero-order valence-electron chi connectivity index (χ0n) is 17.8. The SMILES string of the molecule is CN(C)C(=O)CNC(=NCc1ccccc1)N1CCN(Cc2ccccc2)CC1.I. The van der Waals surface area contributed by atoms with Gasteiger partial charge in [-0.25, -0.2) is 4.99 Å². The predicted octanol–water partition coefficient (Wildman–Crippen LogP) is 2.66. The highest BCUT2D eigenvalue weighted by Gasteiger charge is 2.20. The highest BCUT2D eigenvalue weighted by molar-refractivity contribution is 14.0. The Balaban J connectivity index is 0.00000320. The minimum atomic E-state index is 0. The van der Waals surface area contributed by atoms with Crippen LogP contribution in [0.25, 0.3) is 0 Å². The third-order valence-electron chi connectivity index (χ3n) is 5.07. The van der Waals surface area contributed by atoms with E-state index in [9.17, 15) is 4.79 Å². The number of carbonyl (C=O) groups is 1. The number of hydrogen-bond acceptors (Lipinski definition) is 3. The molecule has 1 heterocycles. The van der Waals surface area contributed by atoms with Crippen LogP contribution < -0.4 is 5.32 Å². The van der Waals surface area contributed by atoms with Gasteiger partial charge >= 0.3 is 0 Å². The average Bonchev–Trinajstić information content (AvgIpc) is 2.76. The number of benzene rings is 2. The molecule has 1 aliphatic rings. The van der Waals surface area contributed by atoms with Crippen molar-refractivity contribution >= 4 is 35.8 Å². The smallest absolute Gasteiger partial charge is 0.241 e. The van der Waals surface area contributed by atoms with E-state index in [0.29, 0.717) is 6.54 Å². The van der Waals surface area contributed by atoms with Crippen molar-refractivity contribution in [2.45, 2.75) is 13.1 Å². The van der Waals surface area contributed by atoms with Crippen LogP contribution in [-0.4, -0.2) is 73.4 Å². The van der Waals surface area contributed by atoms with Gasteiger partial charge in [-0.3, -0.25) is 9.69 Å². The molecule has 30 heavy (non-hydrogen) atoms. The first kappa shape index (κ1) is 24.1. The normalized spacial score (nSPS) is 14.7. The Morgan fingerprint density at radius 3 is 2.07 bits per heavy atom. The molecule has 3 rings (SSSR count). The van der Waals surface area contributed by atoms with E-state index in [1.54, 1.807) is 19.0 Å². The molecule has 0 spiro atoms. The van der Waals surface area contributed by atoms with Crippen molar-refractivity contribution in [1.82, 2.24) is 20.0 Å². The summed E-state index contributed by atoms with van der Waals surface area (Å²) < 4.78 is 0. The fourth-order valence-electron chi connectivity index (χ4n) is 3.29. The number of amides is 1. The molecule has 0 unspecified atom stereocenters. The van der Waals surface area contributed by atoms with E-state index in [1.807, 2.05) is 18.2 Å². The van der Waals surface area contributed by atoms with E-state index in [4.69, 9.17) is 4.99 Å². The molecule has 1 aliphatic heterocycles. The monoisotopic (exact) mass is 521 g/mol. The van der Waals surface area contributed by atoms with Gasteiger partial charge in [0, 0.05) is 46.8 Å². The number of nitrogens with one attached hydrogen (secondary N) is 1.